The summed E-state index contributed by atoms with van der Waals surface area (Å²) in [6, 6.07) is 4.83. The highest BCUT2D eigenvalue weighted by Gasteiger charge is 2.08. The second-order valence-corrected chi connectivity index (χ2v) is 5.33. The minimum absolute atomic E-state index is 0.481. The van der Waals surface area contributed by atoms with E-state index < -0.39 is 0 Å². The molecule has 0 spiro atoms. The topological polar surface area (TPSA) is 28.2 Å². The summed E-state index contributed by atoms with van der Waals surface area (Å²) in [4.78, 5) is 6.88. The molecule has 0 saturated heterocycles. The van der Waals surface area contributed by atoms with Gasteiger partial charge in [0.25, 0.3) is 0 Å². The minimum atomic E-state index is 0.481. The summed E-state index contributed by atoms with van der Waals surface area (Å²) in [6.07, 6.45) is 7.56. The average Bonchev–Trinajstić information content (AvgIpc) is 2.42. The van der Waals surface area contributed by atoms with Crippen LogP contribution >= 0.6 is 0 Å². The first kappa shape index (κ1) is 16.5. The summed E-state index contributed by atoms with van der Waals surface area (Å²) in [5.41, 5.74) is 2.43. The number of anilines is 1. The van der Waals surface area contributed by atoms with E-state index in [0.717, 1.165) is 37.4 Å². The van der Waals surface area contributed by atoms with Crippen LogP contribution in [0.4, 0.5) is 5.82 Å². The van der Waals surface area contributed by atoms with Crippen LogP contribution in [0.3, 0.4) is 0 Å². The Morgan fingerprint density at radius 1 is 1.35 bits per heavy atom. The lowest BCUT2D eigenvalue weighted by Gasteiger charge is -2.21. The molecule has 0 aliphatic rings. The van der Waals surface area contributed by atoms with Gasteiger partial charge in [-0.15, -0.1) is 6.42 Å². The molecule has 0 saturated carbocycles. The van der Waals surface area contributed by atoms with Crippen molar-refractivity contribution in [3.05, 3.63) is 23.4 Å². The standard InChI is InChI=1S/C17H27N3/c1-6-9-16-11-15(13-18-14(4)5)12-17(19-16)20(8-3)10-7-2/h2,11-12,14,18H,6,8-10,13H2,1,3-5H3. The van der Waals surface area contributed by atoms with Crippen molar-refractivity contribution >= 4 is 5.82 Å². The van der Waals surface area contributed by atoms with Gasteiger partial charge in [0.2, 0.25) is 0 Å². The van der Waals surface area contributed by atoms with Crippen molar-refractivity contribution in [1.29, 1.82) is 0 Å². The largest absolute Gasteiger partial charge is 0.346 e. The molecular formula is C17H27N3. The smallest absolute Gasteiger partial charge is 0.129 e. The van der Waals surface area contributed by atoms with Crippen molar-refractivity contribution in [1.82, 2.24) is 10.3 Å². The normalized spacial score (nSPS) is 10.6. The van der Waals surface area contributed by atoms with E-state index in [4.69, 9.17) is 11.4 Å². The van der Waals surface area contributed by atoms with Crippen molar-refractivity contribution in [3.63, 3.8) is 0 Å². The highest BCUT2D eigenvalue weighted by molar-refractivity contribution is 5.44. The molecule has 0 aliphatic heterocycles. The highest BCUT2D eigenvalue weighted by atomic mass is 15.2. The molecule has 1 heterocycles. The first-order chi connectivity index (χ1) is 9.60. The van der Waals surface area contributed by atoms with E-state index in [1.165, 1.54) is 5.56 Å². The lowest BCUT2D eigenvalue weighted by Crippen LogP contribution is -2.25. The third-order valence-electron chi connectivity index (χ3n) is 3.13. The average molecular weight is 273 g/mol. The van der Waals surface area contributed by atoms with E-state index in [0.29, 0.717) is 12.6 Å². The summed E-state index contributed by atoms with van der Waals surface area (Å²) in [5, 5.41) is 3.46. The quantitative estimate of drug-likeness (QED) is 0.738. The third-order valence-corrected chi connectivity index (χ3v) is 3.13. The maximum Gasteiger partial charge on any atom is 0.129 e. The lowest BCUT2D eigenvalue weighted by atomic mass is 10.1. The molecule has 0 aromatic carbocycles. The molecule has 0 radical (unpaired) electrons. The Hall–Kier alpha value is -1.53. The summed E-state index contributed by atoms with van der Waals surface area (Å²) >= 11 is 0. The zero-order chi connectivity index (χ0) is 15.0. The first-order valence-electron chi connectivity index (χ1n) is 7.52. The van der Waals surface area contributed by atoms with E-state index in [2.05, 4.69) is 56.0 Å². The van der Waals surface area contributed by atoms with Crippen molar-refractivity contribution in [3.8, 4) is 12.3 Å². The number of terminal acetylenes is 1. The molecule has 20 heavy (non-hydrogen) atoms. The molecule has 0 fully saturated rings. The van der Waals surface area contributed by atoms with Crippen LogP contribution in [-0.4, -0.2) is 24.1 Å². The van der Waals surface area contributed by atoms with Crippen LogP contribution in [0, 0.1) is 12.3 Å². The third kappa shape index (κ3) is 5.22. The molecule has 0 atom stereocenters. The molecule has 0 unspecified atom stereocenters. The zero-order valence-electron chi connectivity index (χ0n) is 13.2. The lowest BCUT2D eigenvalue weighted by molar-refractivity contribution is 0.588. The summed E-state index contributed by atoms with van der Waals surface area (Å²) in [7, 11) is 0. The van der Waals surface area contributed by atoms with Gasteiger partial charge in [-0.05, 0) is 31.0 Å². The van der Waals surface area contributed by atoms with Gasteiger partial charge in [0.15, 0.2) is 0 Å². The molecule has 1 rings (SSSR count). The predicted octanol–water partition coefficient (Wildman–Crippen LogP) is 2.99. The van der Waals surface area contributed by atoms with Gasteiger partial charge < -0.3 is 10.2 Å². The highest BCUT2D eigenvalue weighted by Crippen LogP contribution is 2.16. The van der Waals surface area contributed by atoms with Crippen LogP contribution < -0.4 is 10.2 Å². The number of rotatable bonds is 8. The van der Waals surface area contributed by atoms with Crippen LogP contribution in [0.25, 0.3) is 0 Å². The molecule has 1 aromatic rings. The van der Waals surface area contributed by atoms with Crippen molar-refractivity contribution < 1.29 is 0 Å². The maximum absolute atomic E-state index is 5.44. The van der Waals surface area contributed by atoms with Gasteiger partial charge in [-0.25, -0.2) is 4.98 Å². The number of nitrogens with one attached hydrogen (secondary N) is 1. The predicted molar refractivity (Wildman–Crippen MR) is 86.9 cm³/mol. The molecule has 0 bridgehead atoms. The van der Waals surface area contributed by atoms with Crippen molar-refractivity contribution in [2.75, 3.05) is 18.0 Å². The van der Waals surface area contributed by atoms with Crippen molar-refractivity contribution in [2.45, 2.75) is 53.1 Å². The number of nitrogens with zero attached hydrogens (tertiary/aromatic N) is 2. The molecular weight excluding hydrogens is 246 g/mol. The molecule has 1 N–H and O–H groups in total. The van der Waals surface area contributed by atoms with Gasteiger partial charge in [0.05, 0.1) is 6.54 Å². The summed E-state index contributed by atoms with van der Waals surface area (Å²) in [5.74, 6) is 3.71. The number of aromatic nitrogens is 1. The van der Waals surface area contributed by atoms with Gasteiger partial charge in [-0.3, -0.25) is 0 Å². The Morgan fingerprint density at radius 2 is 2.10 bits per heavy atom. The van der Waals surface area contributed by atoms with E-state index in [-0.39, 0.29) is 0 Å². The first-order valence-corrected chi connectivity index (χ1v) is 7.52. The number of aryl methyl sites for hydroxylation is 1. The van der Waals surface area contributed by atoms with Crippen LogP contribution in [-0.2, 0) is 13.0 Å². The second-order valence-electron chi connectivity index (χ2n) is 5.33. The van der Waals surface area contributed by atoms with E-state index in [1.807, 2.05) is 0 Å². The van der Waals surface area contributed by atoms with Crippen LogP contribution in [0.2, 0.25) is 0 Å². The van der Waals surface area contributed by atoms with Gasteiger partial charge in [-0.2, -0.15) is 0 Å². The maximum atomic E-state index is 5.44. The Labute approximate surface area is 123 Å². The number of hydrogen-bond acceptors (Lipinski definition) is 3. The van der Waals surface area contributed by atoms with Gasteiger partial charge in [0.1, 0.15) is 5.82 Å². The Bertz CT molecular complexity index is 446. The van der Waals surface area contributed by atoms with Crippen LogP contribution in [0.5, 0.6) is 0 Å². The van der Waals surface area contributed by atoms with Gasteiger partial charge >= 0.3 is 0 Å². The van der Waals surface area contributed by atoms with E-state index in [9.17, 15) is 0 Å². The Morgan fingerprint density at radius 3 is 2.65 bits per heavy atom. The molecule has 0 aliphatic carbocycles. The number of hydrogen-bond donors (Lipinski definition) is 1. The molecule has 3 heteroatoms. The van der Waals surface area contributed by atoms with Crippen LogP contribution in [0.15, 0.2) is 12.1 Å². The molecule has 3 nitrogen and oxygen atoms in total. The second kappa shape index (κ2) is 8.60. The fraction of sp³-hybridized carbons (Fsp3) is 0.588. The Kier molecular flexibility index (Phi) is 7.11. The molecule has 0 amide bonds. The molecule has 110 valence electrons. The monoisotopic (exact) mass is 273 g/mol. The minimum Gasteiger partial charge on any atom is -0.346 e. The van der Waals surface area contributed by atoms with Crippen molar-refractivity contribution in [2.24, 2.45) is 0 Å². The van der Waals surface area contributed by atoms with Crippen LogP contribution in [0.1, 0.15) is 45.4 Å². The van der Waals surface area contributed by atoms with E-state index >= 15 is 0 Å². The van der Waals surface area contributed by atoms with Gasteiger partial charge in [0, 0.05) is 24.8 Å². The van der Waals surface area contributed by atoms with Gasteiger partial charge in [-0.1, -0.05) is 33.1 Å². The molecule has 1 aromatic heterocycles. The fourth-order valence-corrected chi connectivity index (χ4v) is 2.07. The summed E-state index contributed by atoms with van der Waals surface area (Å²) in [6.45, 7) is 11.0. The zero-order valence-corrected chi connectivity index (χ0v) is 13.2. The SMILES string of the molecule is C#CCN(CC)c1cc(CNC(C)C)cc(CCC)n1. The fourth-order valence-electron chi connectivity index (χ4n) is 2.07. The summed E-state index contributed by atoms with van der Waals surface area (Å²) < 4.78 is 0. The number of pyridine rings is 1. The Balaban J connectivity index is 2.99. The van der Waals surface area contributed by atoms with E-state index in [1.54, 1.807) is 0 Å².